The molecule has 2 nitrogen and oxygen atoms in total. The summed E-state index contributed by atoms with van der Waals surface area (Å²) in [5, 5.41) is 3.41. The van der Waals surface area contributed by atoms with Gasteiger partial charge in [0.2, 0.25) is 0 Å². The van der Waals surface area contributed by atoms with Gasteiger partial charge in [-0.2, -0.15) is 0 Å². The molecular weight excluding hydrogens is 232 g/mol. The maximum atomic E-state index is 3.41. The second-order valence-electron chi connectivity index (χ2n) is 6.07. The van der Waals surface area contributed by atoms with E-state index in [1.807, 2.05) is 0 Å². The van der Waals surface area contributed by atoms with Gasteiger partial charge >= 0.3 is 0 Å². The summed E-state index contributed by atoms with van der Waals surface area (Å²) >= 11 is 0. The Bertz CT molecular complexity index is 406. The summed E-state index contributed by atoms with van der Waals surface area (Å²) in [7, 11) is 4.37. The van der Waals surface area contributed by atoms with Gasteiger partial charge in [-0.05, 0) is 70.3 Å². The van der Waals surface area contributed by atoms with Crippen molar-refractivity contribution in [3.05, 3.63) is 34.9 Å². The van der Waals surface area contributed by atoms with Crippen molar-refractivity contribution in [2.24, 2.45) is 0 Å². The van der Waals surface area contributed by atoms with E-state index >= 15 is 0 Å². The molecule has 19 heavy (non-hydrogen) atoms. The largest absolute Gasteiger partial charge is 0.317 e. The van der Waals surface area contributed by atoms with Crippen molar-refractivity contribution in [1.82, 2.24) is 10.2 Å². The first-order valence-corrected chi connectivity index (χ1v) is 7.54. The molecule has 0 amide bonds. The van der Waals surface area contributed by atoms with Crippen molar-refractivity contribution in [3.8, 4) is 0 Å². The Labute approximate surface area is 118 Å². The minimum Gasteiger partial charge on any atom is -0.317 e. The van der Waals surface area contributed by atoms with Gasteiger partial charge in [0.1, 0.15) is 0 Å². The van der Waals surface area contributed by atoms with Crippen LogP contribution in [0.5, 0.6) is 0 Å². The van der Waals surface area contributed by atoms with Crippen LogP contribution in [0.2, 0.25) is 0 Å². The molecule has 1 aromatic rings. The maximum Gasteiger partial charge on any atom is 0.0236 e. The van der Waals surface area contributed by atoms with Gasteiger partial charge in [-0.25, -0.2) is 0 Å². The zero-order valence-corrected chi connectivity index (χ0v) is 12.9. The molecule has 2 rings (SSSR count). The molecule has 0 spiro atoms. The molecule has 1 aliphatic rings. The van der Waals surface area contributed by atoms with Crippen molar-refractivity contribution in [1.29, 1.82) is 0 Å². The molecule has 1 N–H and O–H groups in total. The van der Waals surface area contributed by atoms with Crippen LogP contribution in [0, 0.1) is 13.8 Å². The molecule has 1 aromatic carbocycles. The first-order chi connectivity index (χ1) is 9.11. The number of nitrogens with one attached hydrogen (secondary N) is 1. The number of hydrogen-bond acceptors (Lipinski definition) is 2. The van der Waals surface area contributed by atoms with E-state index < -0.39 is 0 Å². The molecule has 0 bridgehead atoms. The highest BCUT2D eigenvalue weighted by Crippen LogP contribution is 2.24. The van der Waals surface area contributed by atoms with E-state index in [1.165, 1.54) is 42.4 Å². The third-order valence-electron chi connectivity index (χ3n) is 4.86. The molecule has 0 unspecified atom stereocenters. The molecule has 106 valence electrons. The highest BCUT2D eigenvalue weighted by Gasteiger charge is 2.23. The summed E-state index contributed by atoms with van der Waals surface area (Å²) in [5.41, 5.74) is 4.35. The Morgan fingerprint density at radius 2 is 1.84 bits per heavy atom. The Balaban J connectivity index is 1.94. The van der Waals surface area contributed by atoms with Crippen molar-refractivity contribution >= 4 is 0 Å². The number of rotatable bonds is 4. The molecule has 0 aliphatic heterocycles. The van der Waals surface area contributed by atoms with Crippen molar-refractivity contribution < 1.29 is 0 Å². The van der Waals surface area contributed by atoms with Gasteiger partial charge in [0, 0.05) is 18.6 Å². The number of nitrogens with zero attached hydrogens (tertiary/aromatic N) is 1. The Kier molecular flexibility index (Phi) is 5.00. The first kappa shape index (κ1) is 14.5. The van der Waals surface area contributed by atoms with E-state index in [0.717, 1.165) is 18.6 Å². The lowest BCUT2D eigenvalue weighted by atomic mass is 9.90. The molecule has 1 fully saturated rings. The summed E-state index contributed by atoms with van der Waals surface area (Å²) < 4.78 is 0. The molecule has 1 aliphatic carbocycles. The Morgan fingerprint density at radius 3 is 2.47 bits per heavy atom. The van der Waals surface area contributed by atoms with Crippen LogP contribution >= 0.6 is 0 Å². The van der Waals surface area contributed by atoms with E-state index in [-0.39, 0.29) is 0 Å². The van der Waals surface area contributed by atoms with Crippen LogP contribution in [0.4, 0.5) is 0 Å². The summed E-state index contributed by atoms with van der Waals surface area (Å²) in [5.74, 6) is 0. The van der Waals surface area contributed by atoms with Gasteiger partial charge in [0.25, 0.3) is 0 Å². The van der Waals surface area contributed by atoms with Gasteiger partial charge in [-0.15, -0.1) is 0 Å². The van der Waals surface area contributed by atoms with Gasteiger partial charge in [0.15, 0.2) is 0 Å². The van der Waals surface area contributed by atoms with Crippen LogP contribution < -0.4 is 5.32 Å². The highest BCUT2D eigenvalue weighted by molar-refractivity contribution is 5.33. The monoisotopic (exact) mass is 260 g/mol. The van der Waals surface area contributed by atoms with Crippen LogP contribution in [0.3, 0.4) is 0 Å². The van der Waals surface area contributed by atoms with Crippen LogP contribution in [-0.4, -0.2) is 31.1 Å². The molecule has 1 saturated carbocycles. The summed E-state index contributed by atoms with van der Waals surface area (Å²) in [4.78, 5) is 2.55. The van der Waals surface area contributed by atoms with Crippen molar-refractivity contribution in [2.75, 3.05) is 14.1 Å². The van der Waals surface area contributed by atoms with Crippen molar-refractivity contribution in [3.63, 3.8) is 0 Å². The zero-order chi connectivity index (χ0) is 13.8. The average Bonchev–Trinajstić information content (AvgIpc) is 2.44. The smallest absolute Gasteiger partial charge is 0.0236 e. The first-order valence-electron chi connectivity index (χ1n) is 7.54. The Morgan fingerprint density at radius 1 is 1.16 bits per heavy atom. The number of aryl methyl sites for hydroxylation is 1. The van der Waals surface area contributed by atoms with Crippen LogP contribution in [0.15, 0.2) is 18.2 Å². The predicted octanol–water partition coefficient (Wildman–Crippen LogP) is 3.27. The molecule has 0 radical (unpaired) electrons. The van der Waals surface area contributed by atoms with E-state index in [0.29, 0.717) is 0 Å². The topological polar surface area (TPSA) is 15.3 Å². The van der Waals surface area contributed by atoms with Gasteiger partial charge < -0.3 is 5.32 Å². The van der Waals surface area contributed by atoms with E-state index in [1.54, 1.807) is 0 Å². The summed E-state index contributed by atoms with van der Waals surface area (Å²) in [6.45, 7) is 5.54. The van der Waals surface area contributed by atoms with E-state index in [4.69, 9.17) is 0 Å². The van der Waals surface area contributed by atoms with E-state index in [9.17, 15) is 0 Å². The SMILES string of the molecule is CNC1CCC(N(C)Cc2cccc(C)c2C)CC1. The fourth-order valence-corrected chi connectivity index (χ4v) is 3.19. The zero-order valence-electron chi connectivity index (χ0n) is 12.9. The fourth-order valence-electron chi connectivity index (χ4n) is 3.19. The Hall–Kier alpha value is -0.860. The lowest BCUT2D eigenvalue weighted by molar-refractivity contribution is 0.169. The summed E-state index contributed by atoms with van der Waals surface area (Å²) in [6, 6.07) is 8.16. The quantitative estimate of drug-likeness (QED) is 0.894. The lowest BCUT2D eigenvalue weighted by Gasteiger charge is -2.35. The third-order valence-corrected chi connectivity index (χ3v) is 4.86. The second kappa shape index (κ2) is 6.53. The normalized spacial score (nSPS) is 23.8. The average molecular weight is 260 g/mol. The number of benzene rings is 1. The van der Waals surface area contributed by atoms with Gasteiger partial charge in [0.05, 0.1) is 0 Å². The van der Waals surface area contributed by atoms with Gasteiger partial charge in [-0.3, -0.25) is 4.90 Å². The molecule has 2 heteroatoms. The number of hydrogen-bond donors (Lipinski definition) is 1. The molecule has 0 atom stereocenters. The van der Waals surface area contributed by atoms with Crippen LogP contribution in [0.25, 0.3) is 0 Å². The molecule has 0 heterocycles. The van der Waals surface area contributed by atoms with Crippen LogP contribution in [-0.2, 0) is 6.54 Å². The predicted molar refractivity (Wildman–Crippen MR) is 82.5 cm³/mol. The molecule has 0 aromatic heterocycles. The summed E-state index contributed by atoms with van der Waals surface area (Å²) in [6.07, 6.45) is 5.29. The lowest BCUT2D eigenvalue weighted by Crippen LogP contribution is -2.39. The minimum absolute atomic E-state index is 0.741. The van der Waals surface area contributed by atoms with Gasteiger partial charge in [-0.1, -0.05) is 18.2 Å². The fraction of sp³-hybridized carbons (Fsp3) is 0.647. The van der Waals surface area contributed by atoms with Crippen LogP contribution in [0.1, 0.15) is 42.4 Å². The standard InChI is InChI=1S/C17H28N2/c1-13-6-5-7-15(14(13)2)12-19(4)17-10-8-16(18-3)9-11-17/h5-7,16-18H,8-12H2,1-4H3. The highest BCUT2D eigenvalue weighted by atomic mass is 15.1. The molecular formula is C17H28N2. The van der Waals surface area contributed by atoms with Crippen molar-refractivity contribution in [2.45, 2.75) is 58.2 Å². The maximum absolute atomic E-state index is 3.41. The third kappa shape index (κ3) is 3.58. The second-order valence-corrected chi connectivity index (χ2v) is 6.07. The molecule has 0 saturated heterocycles. The van der Waals surface area contributed by atoms with E-state index in [2.05, 4.69) is 56.4 Å². The minimum atomic E-state index is 0.741.